The second-order valence-corrected chi connectivity index (χ2v) is 3.56. The van der Waals surface area contributed by atoms with Gasteiger partial charge in [0.05, 0.1) is 6.10 Å². The summed E-state index contributed by atoms with van der Waals surface area (Å²) in [5.74, 6) is 3.15. The maximum Gasteiger partial charge on any atom is 0.118 e. The average Bonchev–Trinajstić information content (AvgIpc) is 2.16. The Labute approximate surface area is 86.8 Å². The van der Waals surface area contributed by atoms with E-state index >= 15 is 0 Å². The molecule has 0 saturated carbocycles. The lowest BCUT2D eigenvalue weighted by molar-refractivity contribution is 0.0373. The summed E-state index contributed by atoms with van der Waals surface area (Å²) in [5, 5.41) is 0. The first-order valence-electron chi connectivity index (χ1n) is 4.92. The van der Waals surface area contributed by atoms with Crippen LogP contribution in [0.1, 0.15) is 39.5 Å². The predicted octanol–water partition coefficient (Wildman–Crippen LogP) is 3.21. The number of rotatable bonds is 7. The van der Waals surface area contributed by atoms with E-state index in [1.807, 2.05) is 6.92 Å². The summed E-state index contributed by atoms with van der Waals surface area (Å²) in [4.78, 5) is 0. The first-order chi connectivity index (χ1) is 6.24. The van der Waals surface area contributed by atoms with E-state index in [0.717, 1.165) is 12.8 Å². The molecule has 0 radical (unpaired) electrons. The zero-order valence-electron chi connectivity index (χ0n) is 8.55. The molecule has 13 heavy (non-hydrogen) atoms. The van der Waals surface area contributed by atoms with Crippen LogP contribution in [0.25, 0.3) is 0 Å². The largest absolute Gasteiger partial charge is 0.361 e. The van der Waals surface area contributed by atoms with Crippen molar-refractivity contribution >= 4 is 11.6 Å². The van der Waals surface area contributed by atoms with Crippen LogP contribution in [-0.4, -0.2) is 18.1 Å². The van der Waals surface area contributed by atoms with E-state index in [4.69, 9.17) is 22.8 Å². The molecule has 0 spiro atoms. The van der Waals surface area contributed by atoms with Gasteiger partial charge in [0.15, 0.2) is 0 Å². The first-order valence-corrected chi connectivity index (χ1v) is 5.45. The number of hydrogen-bond acceptors (Lipinski definition) is 1. The molecule has 0 rings (SSSR count). The van der Waals surface area contributed by atoms with Gasteiger partial charge in [-0.1, -0.05) is 25.7 Å². The van der Waals surface area contributed by atoms with Gasteiger partial charge in [-0.2, -0.15) is 0 Å². The Morgan fingerprint density at radius 2 is 2.15 bits per heavy atom. The molecular weight excluding hydrogens is 184 g/mol. The van der Waals surface area contributed by atoms with E-state index in [1.165, 1.54) is 12.8 Å². The van der Waals surface area contributed by atoms with Gasteiger partial charge in [-0.05, 0) is 19.8 Å². The van der Waals surface area contributed by atoms with Gasteiger partial charge in [0.25, 0.3) is 0 Å². The van der Waals surface area contributed by atoms with Crippen LogP contribution in [0, 0.1) is 12.3 Å². The fourth-order valence-electron chi connectivity index (χ4n) is 1.09. The zero-order valence-corrected chi connectivity index (χ0v) is 9.31. The Balaban J connectivity index is 3.58. The Kier molecular flexibility index (Phi) is 8.29. The number of alkyl halides is 1. The van der Waals surface area contributed by atoms with Crippen LogP contribution >= 0.6 is 11.6 Å². The third kappa shape index (κ3) is 6.93. The van der Waals surface area contributed by atoms with Crippen LogP contribution in [-0.2, 0) is 4.74 Å². The van der Waals surface area contributed by atoms with Gasteiger partial charge < -0.3 is 4.74 Å². The molecule has 0 bridgehead atoms. The number of terminal acetylenes is 1. The highest BCUT2D eigenvalue weighted by Gasteiger charge is 2.08. The Morgan fingerprint density at radius 1 is 1.46 bits per heavy atom. The van der Waals surface area contributed by atoms with Crippen molar-refractivity contribution in [3.63, 3.8) is 0 Å². The van der Waals surface area contributed by atoms with Gasteiger partial charge in [-0.15, -0.1) is 18.0 Å². The van der Waals surface area contributed by atoms with E-state index in [0.29, 0.717) is 5.88 Å². The van der Waals surface area contributed by atoms with Crippen LogP contribution < -0.4 is 0 Å². The minimum absolute atomic E-state index is 0.0553. The van der Waals surface area contributed by atoms with Crippen molar-refractivity contribution in [2.45, 2.75) is 51.7 Å². The smallest absolute Gasteiger partial charge is 0.118 e. The summed E-state index contributed by atoms with van der Waals surface area (Å²) < 4.78 is 5.53. The molecule has 0 saturated heterocycles. The van der Waals surface area contributed by atoms with Crippen molar-refractivity contribution in [1.29, 1.82) is 0 Å². The molecule has 0 fully saturated rings. The Bertz CT molecular complexity index is 151. The lowest BCUT2D eigenvalue weighted by Crippen LogP contribution is -2.19. The molecule has 0 aromatic rings. The van der Waals surface area contributed by atoms with Crippen molar-refractivity contribution in [3.8, 4) is 12.3 Å². The van der Waals surface area contributed by atoms with Crippen LogP contribution in [0.15, 0.2) is 0 Å². The molecule has 0 aromatic carbocycles. The summed E-state index contributed by atoms with van der Waals surface area (Å²) in [6.07, 6.45) is 9.86. The maximum absolute atomic E-state index is 5.62. The van der Waals surface area contributed by atoms with Gasteiger partial charge in [-0.3, -0.25) is 0 Å². The van der Waals surface area contributed by atoms with E-state index < -0.39 is 0 Å². The minimum Gasteiger partial charge on any atom is -0.361 e. The van der Waals surface area contributed by atoms with Crippen LogP contribution in [0.4, 0.5) is 0 Å². The summed E-state index contributed by atoms with van der Waals surface area (Å²) in [6.45, 7) is 4.12. The third-order valence-corrected chi connectivity index (χ3v) is 2.30. The fraction of sp³-hybridized carbons (Fsp3) is 0.818. The van der Waals surface area contributed by atoms with Crippen LogP contribution in [0.3, 0.4) is 0 Å². The SMILES string of the molecule is C#CC(CCCCC)OC(C)CCl. The quantitative estimate of drug-likeness (QED) is 0.350. The zero-order chi connectivity index (χ0) is 10.1. The highest BCUT2D eigenvalue weighted by Crippen LogP contribution is 2.08. The van der Waals surface area contributed by atoms with Gasteiger partial charge in [0.1, 0.15) is 6.10 Å². The van der Waals surface area contributed by atoms with Gasteiger partial charge in [-0.25, -0.2) is 0 Å². The molecule has 0 amide bonds. The lowest BCUT2D eigenvalue weighted by atomic mass is 10.1. The standard InChI is InChI=1S/C11H19ClO/c1-4-6-7-8-11(5-2)13-10(3)9-12/h2,10-11H,4,6-9H2,1,3H3. The Morgan fingerprint density at radius 3 is 2.62 bits per heavy atom. The normalized spacial score (nSPS) is 14.9. The fourth-order valence-corrected chi connectivity index (χ4v) is 1.16. The van der Waals surface area contributed by atoms with Crippen LogP contribution in [0.5, 0.6) is 0 Å². The molecule has 2 heteroatoms. The highest BCUT2D eigenvalue weighted by molar-refractivity contribution is 6.18. The highest BCUT2D eigenvalue weighted by atomic mass is 35.5. The molecule has 0 aromatic heterocycles. The summed E-state index contributed by atoms with van der Waals surface area (Å²) in [7, 11) is 0. The second-order valence-electron chi connectivity index (χ2n) is 3.25. The first kappa shape index (κ1) is 12.8. The number of hydrogen-bond donors (Lipinski definition) is 0. The number of unbranched alkanes of at least 4 members (excludes halogenated alkanes) is 2. The number of halogens is 1. The van der Waals surface area contributed by atoms with Crippen LogP contribution in [0.2, 0.25) is 0 Å². The molecule has 1 nitrogen and oxygen atoms in total. The van der Waals surface area contributed by atoms with Crippen molar-refractivity contribution in [2.75, 3.05) is 5.88 Å². The maximum atomic E-state index is 5.62. The second kappa shape index (κ2) is 8.41. The van der Waals surface area contributed by atoms with E-state index in [-0.39, 0.29) is 12.2 Å². The topological polar surface area (TPSA) is 9.23 Å². The van der Waals surface area contributed by atoms with Crippen molar-refractivity contribution in [1.82, 2.24) is 0 Å². The molecule has 0 N–H and O–H groups in total. The molecular formula is C11H19ClO. The van der Waals surface area contributed by atoms with Gasteiger partial charge >= 0.3 is 0 Å². The monoisotopic (exact) mass is 202 g/mol. The molecule has 0 heterocycles. The van der Waals surface area contributed by atoms with Crippen molar-refractivity contribution in [3.05, 3.63) is 0 Å². The minimum atomic E-state index is -0.0553. The predicted molar refractivity (Wildman–Crippen MR) is 58.0 cm³/mol. The molecule has 2 unspecified atom stereocenters. The van der Waals surface area contributed by atoms with Crippen molar-refractivity contribution < 1.29 is 4.74 Å². The lowest BCUT2D eigenvalue weighted by Gasteiger charge is -2.16. The molecule has 76 valence electrons. The van der Waals surface area contributed by atoms with E-state index in [9.17, 15) is 0 Å². The average molecular weight is 203 g/mol. The molecule has 0 aliphatic carbocycles. The number of ether oxygens (including phenoxy) is 1. The van der Waals surface area contributed by atoms with Gasteiger partial charge in [0, 0.05) is 5.88 Å². The van der Waals surface area contributed by atoms with Crippen molar-refractivity contribution in [2.24, 2.45) is 0 Å². The molecule has 2 atom stereocenters. The summed E-state index contributed by atoms with van der Waals surface area (Å²) >= 11 is 5.62. The summed E-state index contributed by atoms with van der Waals surface area (Å²) in [5.41, 5.74) is 0. The molecule has 0 aliphatic heterocycles. The van der Waals surface area contributed by atoms with E-state index in [2.05, 4.69) is 12.8 Å². The third-order valence-electron chi connectivity index (χ3n) is 1.87. The molecule has 0 aliphatic rings. The summed E-state index contributed by atoms with van der Waals surface area (Å²) in [6, 6.07) is 0. The van der Waals surface area contributed by atoms with Gasteiger partial charge in [0.2, 0.25) is 0 Å². The van der Waals surface area contributed by atoms with E-state index in [1.54, 1.807) is 0 Å². The Hall–Kier alpha value is -0.190.